The topological polar surface area (TPSA) is 43.1 Å². The molecular weight excluding hydrogens is 137 g/mol. The number of hydrogen-bond acceptors (Lipinski definition) is 1. The number of carbonyl (C=O) groups is 1. The van der Waals surface area contributed by atoms with Gasteiger partial charge in [-0.3, -0.25) is 4.79 Å². The van der Waals surface area contributed by atoms with Gasteiger partial charge in [0.15, 0.2) is 0 Å². The van der Waals surface area contributed by atoms with Gasteiger partial charge in [-0.25, -0.2) is 0 Å². The molecule has 0 fully saturated rings. The summed E-state index contributed by atoms with van der Waals surface area (Å²) in [5, 5.41) is 0. The summed E-state index contributed by atoms with van der Waals surface area (Å²) in [5.74, 6) is 0. The van der Waals surface area contributed by atoms with Crippen LogP contribution in [0.1, 0.15) is 0 Å². The second-order valence-corrected chi connectivity index (χ2v) is 1.29. The van der Waals surface area contributed by atoms with Crippen LogP contribution in [0.3, 0.4) is 0 Å². The van der Waals surface area contributed by atoms with E-state index in [0.29, 0.717) is 0 Å². The molecule has 0 atom stereocenters. The average Bonchev–Trinajstić information content (AvgIpc) is 1.93. The van der Waals surface area contributed by atoms with E-state index < -0.39 is 0 Å². The number of benzene rings is 1. The monoisotopic (exact) mass is 146 g/mol. The van der Waals surface area contributed by atoms with Crippen molar-refractivity contribution in [3.63, 3.8) is 0 Å². The van der Waals surface area contributed by atoms with Crippen LogP contribution in [-0.2, 0) is 4.79 Å². The third-order valence-electron chi connectivity index (χ3n) is 0.667. The van der Waals surface area contributed by atoms with Crippen LogP contribution in [0.5, 0.6) is 0 Å². The molecule has 0 aliphatic heterocycles. The summed E-state index contributed by atoms with van der Waals surface area (Å²) >= 11 is 0. The Kier molecular flexibility index (Phi) is 14.2. The van der Waals surface area contributed by atoms with Crippen LogP contribution in [0.4, 0.5) is 0 Å². The van der Waals surface area contributed by atoms with E-state index in [1.54, 1.807) is 0 Å². The Morgan fingerprint density at radius 3 is 1.10 bits per heavy atom. The van der Waals surface area contributed by atoms with Gasteiger partial charge in [0, 0.05) is 29.6 Å². The quantitative estimate of drug-likeness (QED) is 0.418. The Balaban J connectivity index is 0. The van der Waals surface area contributed by atoms with E-state index in [4.69, 9.17) is 4.79 Å². The fourth-order valence-corrected chi connectivity index (χ4v) is 0.385. The number of rotatable bonds is 0. The minimum atomic E-state index is 0. The van der Waals surface area contributed by atoms with Gasteiger partial charge in [0.05, 0.1) is 0 Å². The van der Waals surface area contributed by atoms with Crippen LogP contribution >= 0.6 is 0 Å². The Labute approximate surface area is 82.7 Å². The van der Waals surface area contributed by atoms with Gasteiger partial charge >= 0.3 is 0 Å². The van der Waals surface area contributed by atoms with Gasteiger partial charge in [0.25, 0.3) is 0 Å². The van der Waals surface area contributed by atoms with E-state index >= 15 is 0 Å². The zero-order valence-electron chi connectivity index (χ0n) is 6.03. The molecule has 0 aromatic heterocycles. The van der Waals surface area contributed by atoms with Gasteiger partial charge in [-0.1, -0.05) is 36.4 Å². The SMILES string of the molecule is NC=O.[Na].c1ccccc1. The molecule has 49 valence electrons. The van der Waals surface area contributed by atoms with Crippen molar-refractivity contribution in [2.75, 3.05) is 0 Å². The van der Waals surface area contributed by atoms with Crippen molar-refractivity contribution in [2.24, 2.45) is 5.73 Å². The Hall–Kier alpha value is -0.310. The molecule has 0 saturated carbocycles. The van der Waals surface area contributed by atoms with Crippen molar-refractivity contribution in [3.8, 4) is 0 Å². The van der Waals surface area contributed by atoms with Crippen molar-refractivity contribution in [1.82, 2.24) is 0 Å². The summed E-state index contributed by atoms with van der Waals surface area (Å²) in [6.45, 7) is 0. The van der Waals surface area contributed by atoms with E-state index in [0.717, 1.165) is 0 Å². The summed E-state index contributed by atoms with van der Waals surface area (Å²) in [4.78, 5) is 8.58. The van der Waals surface area contributed by atoms with Crippen molar-refractivity contribution >= 4 is 36.0 Å². The van der Waals surface area contributed by atoms with E-state index in [-0.39, 0.29) is 36.0 Å². The van der Waals surface area contributed by atoms with Gasteiger partial charge in [-0.15, -0.1) is 0 Å². The molecule has 0 saturated heterocycles. The van der Waals surface area contributed by atoms with Crippen LogP contribution in [0.25, 0.3) is 0 Å². The first-order valence-corrected chi connectivity index (χ1v) is 2.57. The summed E-state index contributed by atoms with van der Waals surface area (Å²) in [7, 11) is 0. The molecule has 0 aliphatic rings. The van der Waals surface area contributed by atoms with Gasteiger partial charge < -0.3 is 5.73 Å². The molecule has 1 radical (unpaired) electrons. The first-order chi connectivity index (χ1) is 4.41. The summed E-state index contributed by atoms with van der Waals surface area (Å²) in [6.07, 6.45) is 0.250. The standard InChI is InChI=1S/C6H6.CH3NO.Na/c1-2-4-6-5-3-1;2-1-3;/h1-6H;1H,(H2,2,3);. The molecule has 0 spiro atoms. The Morgan fingerprint density at radius 2 is 1.00 bits per heavy atom. The van der Waals surface area contributed by atoms with Gasteiger partial charge in [0.2, 0.25) is 6.41 Å². The molecule has 1 aromatic carbocycles. The molecule has 10 heavy (non-hydrogen) atoms. The molecule has 3 heteroatoms. The van der Waals surface area contributed by atoms with Crippen LogP contribution in [0.2, 0.25) is 0 Å². The van der Waals surface area contributed by atoms with Crippen molar-refractivity contribution in [1.29, 1.82) is 0 Å². The van der Waals surface area contributed by atoms with E-state index in [1.807, 2.05) is 36.4 Å². The van der Waals surface area contributed by atoms with Crippen LogP contribution < -0.4 is 5.73 Å². The number of carbonyl (C=O) groups excluding carboxylic acids is 1. The average molecular weight is 146 g/mol. The number of nitrogens with two attached hydrogens (primary N) is 1. The van der Waals surface area contributed by atoms with Crippen LogP contribution in [0.15, 0.2) is 36.4 Å². The zero-order valence-corrected chi connectivity index (χ0v) is 8.03. The number of amides is 1. The van der Waals surface area contributed by atoms with Crippen molar-refractivity contribution in [3.05, 3.63) is 36.4 Å². The Morgan fingerprint density at radius 1 is 0.900 bits per heavy atom. The molecule has 0 aliphatic carbocycles. The molecule has 0 heterocycles. The Bertz CT molecular complexity index is 117. The maximum absolute atomic E-state index is 8.58. The number of primary amides is 1. The third-order valence-corrected chi connectivity index (χ3v) is 0.667. The van der Waals surface area contributed by atoms with Crippen molar-refractivity contribution < 1.29 is 4.79 Å². The predicted octanol–water partition coefficient (Wildman–Crippen LogP) is 0.407. The summed E-state index contributed by atoms with van der Waals surface area (Å²) in [6, 6.07) is 12.0. The van der Waals surface area contributed by atoms with Gasteiger partial charge in [-0.05, 0) is 0 Å². The summed E-state index contributed by atoms with van der Waals surface area (Å²) < 4.78 is 0. The van der Waals surface area contributed by atoms with Crippen LogP contribution in [-0.4, -0.2) is 36.0 Å². The molecule has 0 unspecified atom stereocenters. The largest absolute Gasteiger partial charge is 0.372 e. The second kappa shape index (κ2) is 11.5. The van der Waals surface area contributed by atoms with E-state index in [1.165, 1.54) is 0 Å². The first kappa shape index (κ1) is 12.4. The molecule has 1 amide bonds. The maximum atomic E-state index is 8.58. The fraction of sp³-hybridized carbons (Fsp3) is 0. The first-order valence-electron chi connectivity index (χ1n) is 2.57. The third kappa shape index (κ3) is 10.6. The molecule has 1 rings (SSSR count). The zero-order chi connectivity index (χ0) is 6.95. The van der Waals surface area contributed by atoms with E-state index in [9.17, 15) is 0 Å². The molecule has 1 aromatic rings. The smallest absolute Gasteiger partial charge is 0.204 e. The maximum Gasteiger partial charge on any atom is 0.204 e. The number of hydrogen-bond donors (Lipinski definition) is 1. The second-order valence-electron chi connectivity index (χ2n) is 1.29. The fourth-order valence-electron chi connectivity index (χ4n) is 0.385. The molecule has 2 nitrogen and oxygen atoms in total. The van der Waals surface area contributed by atoms with Gasteiger partial charge in [0.1, 0.15) is 0 Å². The molecule has 0 bridgehead atoms. The minimum absolute atomic E-state index is 0. The molecule has 2 N–H and O–H groups in total. The van der Waals surface area contributed by atoms with Crippen LogP contribution in [0, 0.1) is 0 Å². The van der Waals surface area contributed by atoms with Gasteiger partial charge in [-0.2, -0.15) is 0 Å². The minimum Gasteiger partial charge on any atom is -0.372 e. The molecular formula is C7H9NNaO. The summed E-state index contributed by atoms with van der Waals surface area (Å²) in [5.41, 5.74) is 4.17. The predicted molar refractivity (Wildman–Crippen MR) is 42.4 cm³/mol. The van der Waals surface area contributed by atoms with Crippen molar-refractivity contribution in [2.45, 2.75) is 0 Å². The normalized spacial score (nSPS) is 6.00. The van der Waals surface area contributed by atoms with E-state index in [2.05, 4.69) is 5.73 Å².